The summed E-state index contributed by atoms with van der Waals surface area (Å²) in [4.78, 5) is 12.3. The largest absolute Gasteiger partial charge is 0.373 e. The summed E-state index contributed by atoms with van der Waals surface area (Å²) < 4.78 is 0. The molecule has 2 N–H and O–H groups in total. The van der Waals surface area contributed by atoms with E-state index in [0.29, 0.717) is 22.7 Å². The fourth-order valence-corrected chi connectivity index (χ4v) is 2.59. The maximum absolute atomic E-state index is 12.3. The molecule has 1 unspecified atom stereocenters. The average Bonchev–Trinajstić information content (AvgIpc) is 2.91. The molecule has 0 aliphatic carbocycles. The number of rotatable bonds is 2. The molecule has 3 rings (SSSR count). The van der Waals surface area contributed by atoms with E-state index in [1.165, 1.54) is 0 Å². The second-order valence-corrected chi connectivity index (χ2v) is 5.26. The Bertz CT molecular complexity index is 726. The van der Waals surface area contributed by atoms with Gasteiger partial charge in [-0.25, -0.2) is 0 Å². The third-order valence-corrected chi connectivity index (χ3v) is 3.76. The SMILES string of the molecule is N#Cc1ccc(NC(=O)C2Cc3ccccc3N2)cc1Cl. The molecule has 0 saturated heterocycles. The van der Waals surface area contributed by atoms with Crippen molar-refractivity contribution in [2.45, 2.75) is 12.5 Å². The molecule has 1 aliphatic heterocycles. The van der Waals surface area contributed by atoms with E-state index in [1.807, 2.05) is 30.3 Å². The lowest BCUT2D eigenvalue weighted by molar-refractivity contribution is -0.116. The molecular weight excluding hydrogens is 286 g/mol. The van der Waals surface area contributed by atoms with Gasteiger partial charge in [-0.2, -0.15) is 5.26 Å². The Labute approximate surface area is 127 Å². The molecular formula is C16H12ClN3O. The molecule has 104 valence electrons. The first-order valence-electron chi connectivity index (χ1n) is 6.52. The number of amides is 1. The fourth-order valence-electron chi connectivity index (χ4n) is 2.37. The summed E-state index contributed by atoms with van der Waals surface area (Å²) in [5.74, 6) is -0.119. The van der Waals surface area contributed by atoms with E-state index >= 15 is 0 Å². The zero-order valence-corrected chi connectivity index (χ0v) is 11.8. The van der Waals surface area contributed by atoms with Crippen molar-refractivity contribution in [3.8, 4) is 6.07 Å². The summed E-state index contributed by atoms with van der Waals surface area (Å²) in [5, 5.41) is 15.2. The number of nitrogens with zero attached hydrogens (tertiary/aromatic N) is 1. The molecule has 2 aromatic carbocycles. The van der Waals surface area contributed by atoms with Crippen molar-refractivity contribution in [3.63, 3.8) is 0 Å². The summed E-state index contributed by atoms with van der Waals surface area (Å²) >= 11 is 5.96. The van der Waals surface area contributed by atoms with Crippen molar-refractivity contribution in [2.75, 3.05) is 10.6 Å². The van der Waals surface area contributed by atoms with Gasteiger partial charge >= 0.3 is 0 Å². The molecule has 4 nitrogen and oxygen atoms in total. The summed E-state index contributed by atoms with van der Waals surface area (Å²) in [5.41, 5.74) is 3.11. The quantitative estimate of drug-likeness (QED) is 0.894. The molecule has 1 atom stereocenters. The molecule has 0 bridgehead atoms. The molecule has 0 fully saturated rings. The van der Waals surface area contributed by atoms with Crippen molar-refractivity contribution >= 4 is 28.9 Å². The molecule has 1 heterocycles. The van der Waals surface area contributed by atoms with Gasteiger partial charge in [0.1, 0.15) is 12.1 Å². The Morgan fingerprint density at radius 1 is 1.33 bits per heavy atom. The van der Waals surface area contributed by atoms with Crippen molar-refractivity contribution in [3.05, 3.63) is 58.6 Å². The van der Waals surface area contributed by atoms with Crippen LogP contribution in [-0.2, 0) is 11.2 Å². The smallest absolute Gasteiger partial charge is 0.247 e. The van der Waals surface area contributed by atoms with Crippen LogP contribution < -0.4 is 10.6 Å². The lowest BCUT2D eigenvalue weighted by Crippen LogP contribution is -2.32. The molecule has 0 saturated carbocycles. The zero-order valence-electron chi connectivity index (χ0n) is 11.1. The number of halogens is 1. The van der Waals surface area contributed by atoms with E-state index in [9.17, 15) is 4.79 Å². The Hall–Kier alpha value is -2.51. The minimum Gasteiger partial charge on any atom is -0.373 e. The molecule has 1 amide bonds. The minimum atomic E-state index is -0.295. The predicted octanol–water partition coefficient (Wildman–Crippen LogP) is 3.19. The van der Waals surface area contributed by atoms with Gasteiger partial charge in [-0.1, -0.05) is 29.8 Å². The van der Waals surface area contributed by atoms with Gasteiger partial charge in [0.25, 0.3) is 0 Å². The highest BCUT2D eigenvalue weighted by Gasteiger charge is 2.26. The van der Waals surface area contributed by atoms with Gasteiger partial charge in [-0.15, -0.1) is 0 Å². The van der Waals surface area contributed by atoms with E-state index < -0.39 is 0 Å². The Kier molecular flexibility index (Phi) is 3.51. The Balaban J connectivity index is 1.71. The highest BCUT2D eigenvalue weighted by molar-refractivity contribution is 6.32. The van der Waals surface area contributed by atoms with Crippen LogP contribution in [0.3, 0.4) is 0 Å². The number of benzene rings is 2. The van der Waals surface area contributed by atoms with Gasteiger partial charge in [0, 0.05) is 17.8 Å². The average molecular weight is 298 g/mol. The van der Waals surface area contributed by atoms with Crippen LogP contribution in [0.1, 0.15) is 11.1 Å². The fraction of sp³-hybridized carbons (Fsp3) is 0.125. The molecule has 1 aliphatic rings. The molecule has 5 heteroatoms. The van der Waals surface area contributed by atoms with Crippen LogP contribution in [0.15, 0.2) is 42.5 Å². The summed E-state index contributed by atoms with van der Waals surface area (Å²) in [6.45, 7) is 0. The Morgan fingerprint density at radius 3 is 2.86 bits per heavy atom. The van der Waals surface area contributed by atoms with Gasteiger partial charge in [0.05, 0.1) is 10.6 Å². The molecule has 2 aromatic rings. The highest BCUT2D eigenvalue weighted by Crippen LogP contribution is 2.26. The predicted molar refractivity (Wildman–Crippen MR) is 82.4 cm³/mol. The first-order valence-corrected chi connectivity index (χ1v) is 6.90. The molecule has 0 radical (unpaired) electrons. The molecule has 0 spiro atoms. The van der Waals surface area contributed by atoms with Gasteiger partial charge in [0.2, 0.25) is 5.91 Å². The highest BCUT2D eigenvalue weighted by atomic mass is 35.5. The number of carbonyl (C=O) groups excluding carboxylic acids is 1. The van der Waals surface area contributed by atoms with Gasteiger partial charge < -0.3 is 10.6 Å². The van der Waals surface area contributed by atoms with Crippen molar-refractivity contribution in [2.24, 2.45) is 0 Å². The summed E-state index contributed by atoms with van der Waals surface area (Å²) in [6, 6.07) is 14.4. The summed E-state index contributed by atoms with van der Waals surface area (Å²) in [7, 11) is 0. The third-order valence-electron chi connectivity index (χ3n) is 3.44. The second kappa shape index (κ2) is 5.47. The standard InChI is InChI=1S/C16H12ClN3O/c17-13-8-12(6-5-11(13)9-18)19-16(21)15-7-10-3-1-2-4-14(10)20-15/h1-6,8,15,20H,7H2,(H,19,21). The molecule has 21 heavy (non-hydrogen) atoms. The van der Waals surface area contributed by atoms with Crippen LogP contribution in [0.2, 0.25) is 5.02 Å². The number of nitrogens with one attached hydrogen (secondary N) is 2. The van der Waals surface area contributed by atoms with E-state index in [-0.39, 0.29) is 11.9 Å². The lowest BCUT2D eigenvalue weighted by Gasteiger charge is -2.12. The van der Waals surface area contributed by atoms with Crippen LogP contribution in [0.5, 0.6) is 0 Å². The zero-order chi connectivity index (χ0) is 14.8. The van der Waals surface area contributed by atoms with Crippen LogP contribution in [0.25, 0.3) is 0 Å². The van der Waals surface area contributed by atoms with Crippen molar-refractivity contribution in [1.29, 1.82) is 5.26 Å². The van der Waals surface area contributed by atoms with Gasteiger partial charge in [0.15, 0.2) is 0 Å². The first-order chi connectivity index (χ1) is 10.2. The van der Waals surface area contributed by atoms with Crippen LogP contribution in [0.4, 0.5) is 11.4 Å². The summed E-state index contributed by atoms with van der Waals surface area (Å²) in [6.07, 6.45) is 0.659. The van der Waals surface area contributed by atoms with Crippen LogP contribution >= 0.6 is 11.6 Å². The number of fused-ring (bicyclic) bond motifs is 1. The number of carbonyl (C=O) groups is 1. The van der Waals surface area contributed by atoms with E-state index in [2.05, 4.69) is 10.6 Å². The van der Waals surface area contributed by atoms with Gasteiger partial charge in [-0.05, 0) is 29.8 Å². The first kappa shape index (κ1) is 13.5. The number of para-hydroxylation sites is 1. The van der Waals surface area contributed by atoms with Crippen LogP contribution in [-0.4, -0.2) is 11.9 Å². The maximum Gasteiger partial charge on any atom is 0.247 e. The number of nitriles is 1. The Morgan fingerprint density at radius 2 is 2.14 bits per heavy atom. The topological polar surface area (TPSA) is 64.9 Å². The maximum atomic E-state index is 12.3. The van der Waals surface area contributed by atoms with Crippen LogP contribution in [0, 0.1) is 11.3 Å². The molecule has 0 aromatic heterocycles. The van der Waals surface area contributed by atoms with Crippen molar-refractivity contribution < 1.29 is 4.79 Å². The van der Waals surface area contributed by atoms with E-state index in [0.717, 1.165) is 11.3 Å². The third kappa shape index (κ3) is 2.69. The number of hydrogen-bond acceptors (Lipinski definition) is 3. The number of anilines is 2. The van der Waals surface area contributed by atoms with E-state index in [1.54, 1.807) is 18.2 Å². The van der Waals surface area contributed by atoms with E-state index in [4.69, 9.17) is 16.9 Å². The second-order valence-electron chi connectivity index (χ2n) is 4.85. The van der Waals surface area contributed by atoms with Crippen molar-refractivity contribution in [1.82, 2.24) is 0 Å². The lowest BCUT2D eigenvalue weighted by atomic mass is 10.1. The normalized spacial score (nSPS) is 15.7. The van der Waals surface area contributed by atoms with Gasteiger partial charge in [-0.3, -0.25) is 4.79 Å². The monoisotopic (exact) mass is 297 g/mol. The number of hydrogen-bond donors (Lipinski definition) is 2. The minimum absolute atomic E-state index is 0.119.